The van der Waals surface area contributed by atoms with E-state index in [0.717, 1.165) is 15.9 Å². The molecule has 0 aromatic rings. The molecule has 0 nitrogen and oxygen atoms in total. The van der Waals surface area contributed by atoms with Crippen molar-refractivity contribution in [1.82, 2.24) is 0 Å². The smallest absolute Gasteiger partial charge is 0.192 e. The molecule has 0 fully saturated rings. The van der Waals surface area contributed by atoms with E-state index in [-0.39, 0.29) is 0 Å². The minimum atomic E-state index is -6.18. The zero-order chi connectivity index (χ0) is 11.1. The zero-order valence-corrected chi connectivity index (χ0v) is 6.99. The fourth-order valence-electron chi connectivity index (χ4n) is 0.297. The van der Waals surface area contributed by atoms with Crippen LogP contribution in [0.25, 0.3) is 0 Å². The van der Waals surface area contributed by atoms with Crippen molar-refractivity contribution in [1.29, 1.82) is 0 Å². The Labute approximate surface area is 75.0 Å². The lowest BCUT2D eigenvalue weighted by atomic mass is 10.2. The molecule has 0 heterocycles. The highest BCUT2D eigenvalue weighted by Crippen LogP contribution is 2.52. The highest BCUT2D eigenvalue weighted by atomic mass is 79.9. The van der Waals surface area contributed by atoms with Crippen molar-refractivity contribution in [2.45, 2.75) is 16.7 Å². The van der Waals surface area contributed by atoms with Gasteiger partial charge in [0, 0.05) is 0 Å². The van der Waals surface area contributed by atoms with Crippen LogP contribution in [0.1, 0.15) is 0 Å². The van der Waals surface area contributed by atoms with Crippen LogP contribution in [0.4, 0.5) is 35.1 Å². The van der Waals surface area contributed by atoms with Crippen molar-refractivity contribution < 1.29 is 35.1 Å². The van der Waals surface area contributed by atoms with Crippen molar-refractivity contribution in [3.8, 4) is 0 Å². The molecule has 13 heavy (non-hydrogen) atoms. The molecule has 0 unspecified atom stereocenters. The molecule has 0 saturated carbocycles. The molecule has 0 atom stereocenters. The van der Waals surface area contributed by atoms with Crippen LogP contribution in [0.15, 0.2) is 0 Å². The third kappa shape index (κ3) is 2.05. The van der Waals surface area contributed by atoms with Crippen LogP contribution < -0.4 is 0 Å². The van der Waals surface area contributed by atoms with Crippen LogP contribution in [-0.2, 0) is 0 Å². The van der Waals surface area contributed by atoms with Crippen molar-refractivity contribution >= 4 is 15.9 Å². The summed E-state index contributed by atoms with van der Waals surface area (Å²) in [6.07, 6.45) is -4.07. The predicted molar refractivity (Wildman–Crippen MR) is 29.2 cm³/mol. The van der Waals surface area contributed by atoms with Crippen LogP contribution in [0.2, 0.25) is 0 Å². The van der Waals surface area contributed by atoms with Crippen molar-refractivity contribution in [2.75, 3.05) is 0 Å². The topological polar surface area (TPSA) is 0 Å². The summed E-state index contributed by atoms with van der Waals surface area (Å²) in [7, 11) is 0. The van der Waals surface area contributed by atoms with Gasteiger partial charge >= 0.3 is 23.1 Å². The van der Waals surface area contributed by atoms with Crippen LogP contribution in [0, 0.1) is 6.43 Å². The average Bonchev–Trinajstić information content (AvgIpc) is 1.84. The Balaban J connectivity index is 5.04. The summed E-state index contributed by atoms with van der Waals surface area (Å²) in [4.78, 5) is -5.41. The molecular formula is C4BrF8. The number of rotatable bonds is 3. The van der Waals surface area contributed by atoms with E-state index in [9.17, 15) is 35.1 Å². The number of halogens is 9. The predicted octanol–water partition coefficient (Wildman–Crippen LogP) is 3.67. The largest absolute Gasteiger partial charge is 0.388 e. The Kier molecular flexibility index (Phi) is 3.23. The van der Waals surface area contributed by atoms with Gasteiger partial charge in [-0.15, -0.1) is 0 Å². The molecule has 1 radical (unpaired) electrons. The van der Waals surface area contributed by atoms with Gasteiger partial charge in [0.2, 0.25) is 0 Å². The van der Waals surface area contributed by atoms with E-state index in [1.807, 2.05) is 0 Å². The summed E-state index contributed by atoms with van der Waals surface area (Å²) in [6.45, 7) is 0. The second-order valence-corrected chi connectivity index (χ2v) is 2.90. The Hall–Kier alpha value is -0.0800. The first kappa shape index (κ1) is 12.9. The second-order valence-electron chi connectivity index (χ2n) is 1.91. The van der Waals surface area contributed by atoms with E-state index < -0.39 is 23.1 Å². The van der Waals surface area contributed by atoms with Gasteiger partial charge in [-0.1, -0.05) is 0 Å². The van der Waals surface area contributed by atoms with Crippen LogP contribution in [-0.4, -0.2) is 16.7 Å². The molecule has 0 aliphatic rings. The van der Waals surface area contributed by atoms with Gasteiger partial charge in [-0.25, -0.2) is 0 Å². The Morgan fingerprint density at radius 2 is 1.15 bits per heavy atom. The van der Waals surface area contributed by atoms with E-state index in [2.05, 4.69) is 0 Å². The standard InChI is InChI=1S/C4BrF8/c5-4(12,13)3(10,11)2(8,9)1(6)7. The molecule has 0 aromatic carbocycles. The first-order valence-electron chi connectivity index (χ1n) is 2.45. The quantitative estimate of drug-likeness (QED) is 0.546. The van der Waals surface area contributed by atoms with Crippen molar-refractivity contribution in [3.63, 3.8) is 0 Å². The molecule has 0 saturated heterocycles. The van der Waals surface area contributed by atoms with Gasteiger partial charge in [0.05, 0.1) is 0 Å². The molecule has 0 rings (SSSR count). The Bertz CT molecular complexity index is 181. The Morgan fingerprint density at radius 3 is 1.23 bits per heavy atom. The normalized spacial score (nSPS) is 15.2. The molecule has 0 aromatic heterocycles. The van der Waals surface area contributed by atoms with Gasteiger partial charge in [0.15, 0.2) is 0 Å². The first-order chi connectivity index (χ1) is 5.44. The highest BCUT2D eigenvalue weighted by molar-refractivity contribution is 9.10. The SMILES string of the molecule is F[C](F)C(F)(F)C(F)(F)C(F)(F)Br. The lowest BCUT2D eigenvalue weighted by Crippen LogP contribution is -2.52. The molecule has 0 spiro atoms. The monoisotopic (exact) mass is 279 g/mol. The lowest BCUT2D eigenvalue weighted by molar-refractivity contribution is -0.285. The maximum atomic E-state index is 11.9. The van der Waals surface area contributed by atoms with Crippen LogP contribution in [0.5, 0.6) is 0 Å². The highest BCUT2D eigenvalue weighted by Gasteiger charge is 2.75. The van der Waals surface area contributed by atoms with E-state index >= 15 is 0 Å². The molecule has 0 N–H and O–H groups in total. The molecule has 9 heteroatoms. The molecule has 0 aliphatic carbocycles. The Morgan fingerprint density at radius 1 is 0.846 bits per heavy atom. The lowest BCUT2D eigenvalue weighted by Gasteiger charge is -2.27. The van der Waals surface area contributed by atoms with E-state index in [4.69, 9.17) is 0 Å². The summed E-state index contributed by atoms with van der Waals surface area (Å²) in [6, 6.07) is 0. The minimum absolute atomic E-state index is 0.894. The molecule has 79 valence electrons. The number of hydrogen-bond donors (Lipinski definition) is 0. The van der Waals surface area contributed by atoms with E-state index in [1.165, 1.54) is 0 Å². The second kappa shape index (κ2) is 3.25. The van der Waals surface area contributed by atoms with Crippen molar-refractivity contribution in [3.05, 3.63) is 6.43 Å². The van der Waals surface area contributed by atoms with Crippen molar-refractivity contribution in [2.24, 2.45) is 0 Å². The summed E-state index contributed by atoms with van der Waals surface area (Å²) in [5.74, 6) is -12.3. The fourth-order valence-corrected chi connectivity index (χ4v) is 0.546. The van der Waals surface area contributed by atoms with Gasteiger partial charge in [0.1, 0.15) is 0 Å². The van der Waals surface area contributed by atoms with Crippen LogP contribution >= 0.6 is 15.9 Å². The van der Waals surface area contributed by atoms with Gasteiger partial charge in [0.25, 0.3) is 0 Å². The molecular weight excluding hydrogens is 280 g/mol. The molecule has 0 bridgehead atoms. The maximum Gasteiger partial charge on any atom is 0.388 e. The van der Waals surface area contributed by atoms with E-state index in [1.54, 1.807) is 0 Å². The fraction of sp³-hybridized carbons (Fsp3) is 0.750. The maximum absolute atomic E-state index is 11.9. The summed E-state index contributed by atoms with van der Waals surface area (Å²) >= 11 is 0.894. The first-order valence-corrected chi connectivity index (χ1v) is 3.24. The molecule has 0 aliphatic heterocycles. The van der Waals surface area contributed by atoms with Crippen LogP contribution in [0.3, 0.4) is 0 Å². The van der Waals surface area contributed by atoms with Gasteiger partial charge in [-0.3, -0.25) is 0 Å². The van der Waals surface area contributed by atoms with Gasteiger partial charge in [-0.05, 0) is 15.9 Å². The summed E-state index contributed by atoms with van der Waals surface area (Å²) < 4.78 is 93.1. The minimum Gasteiger partial charge on any atom is -0.192 e. The average molecular weight is 280 g/mol. The third-order valence-corrected chi connectivity index (χ3v) is 1.49. The number of alkyl halides is 7. The van der Waals surface area contributed by atoms with Gasteiger partial charge in [-0.2, -0.15) is 35.1 Å². The summed E-state index contributed by atoms with van der Waals surface area (Å²) in [5, 5.41) is 0. The van der Waals surface area contributed by atoms with Gasteiger partial charge < -0.3 is 0 Å². The number of hydrogen-bond acceptors (Lipinski definition) is 0. The van der Waals surface area contributed by atoms with E-state index in [0.29, 0.717) is 0 Å². The molecule has 0 amide bonds. The summed E-state index contributed by atoms with van der Waals surface area (Å²) in [5.41, 5.74) is 0. The zero-order valence-electron chi connectivity index (χ0n) is 5.40. The third-order valence-electron chi connectivity index (χ3n) is 0.988.